The van der Waals surface area contributed by atoms with Gasteiger partial charge in [0.05, 0.1) is 12.7 Å². The Morgan fingerprint density at radius 1 is 0.972 bits per heavy atom. The SMILES string of the molecule is O=C(NC[C@@H]1CCCO1)[C@H]1COC2(CCN(C(=O)c3ccc(Cl)cc3)CC2)N1C(=O)c1ccccc1. The Kier molecular flexibility index (Phi) is 7.27. The molecular weight excluding hydrogens is 482 g/mol. The second-order valence-electron chi connectivity index (χ2n) is 9.49. The fourth-order valence-corrected chi connectivity index (χ4v) is 5.38. The van der Waals surface area contributed by atoms with Crippen LogP contribution in [0.4, 0.5) is 0 Å². The van der Waals surface area contributed by atoms with Crippen molar-refractivity contribution in [1.29, 1.82) is 0 Å². The van der Waals surface area contributed by atoms with Crippen molar-refractivity contribution >= 4 is 29.3 Å². The van der Waals surface area contributed by atoms with Gasteiger partial charge in [0.15, 0.2) is 0 Å². The van der Waals surface area contributed by atoms with Crippen molar-refractivity contribution in [3.05, 3.63) is 70.7 Å². The highest BCUT2D eigenvalue weighted by Crippen LogP contribution is 2.39. The van der Waals surface area contributed by atoms with E-state index in [0.29, 0.717) is 55.2 Å². The fourth-order valence-electron chi connectivity index (χ4n) is 5.26. The molecule has 3 amide bonds. The third kappa shape index (κ3) is 4.98. The number of ether oxygens (including phenoxy) is 2. The minimum atomic E-state index is -0.949. The maximum absolute atomic E-state index is 13.7. The van der Waals surface area contributed by atoms with E-state index in [2.05, 4.69) is 5.32 Å². The zero-order valence-corrected chi connectivity index (χ0v) is 20.8. The summed E-state index contributed by atoms with van der Waals surface area (Å²) in [5.41, 5.74) is 0.112. The van der Waals surface area contributed by atoms with Gasteiger partial charge in [0.25, 0.3) is 11.8 Å². The number of benzene rings is 2. The molecule has 0 saturated carbocycles. The van der Waals surface area contributed by atoms with Gasteiger partial charge in [0, 0.05) is 55.2 Å². The highest BCUT2D eigenvalue weighted by Gasteiger charge is 2.54. The van der Waals surface area contributed by atoms with Crippen LogP contribution in [0.25, 0.3) is 0 Å². The molecule has 2 aromatic carbocycles. The number of carbonyl (C=O) groups is 3. The number of nitrogens with one attached hydrogen (secondary N) is 1. The normalized spacial score (nSPS) is 23.1. The molecule has 0 radical (unpaired) electrons. The van der Waals surface area contributed by atoms with E-state index >= 15 is 0 Å². The van der Waals surface area contributed by atoms with Crippen molar-refractivity contribution in [3.63, 3.8) is 0 Å². The third-order valence-electron chi connectivity index (χ3n) is 7.25. The first-order valence-corrected chi connectivity index (χ1v) is 12.8. The van der Waals surface area contributed by atoms with Gasteiger partial charge >= 0.3 is 0 Å². The van der Waals surface area contributed by atoms with Crippen molar-refractivity contribution in [2.45, 2.75) is 43.6 Å². The maximum atomic E-state index is 13.7. The van der Waals surface area contributed by atoms with E-state index < -0.39 is 11.8 Å². The van der Waals surface area contributed by atoms with Crippen LogP contribution in [-0.4, -0.2) is 78.2 Å². The Morgan fingerprint density at radius 2 is 1.67 bits per heavy atom. The molecule has 0 aromatic heterocycles. The van der Waals surface area contributed by atoms with Crippen molar-refractivity contribution in [2.24, 2.45) is 0 Å². The zero-order chi connectivity index (χ0) is 25.1. The van der Waals surface area contributed by atoms with Crippen LogP contribution in [0.15, 0.2) is 54.6 Å². The molecule has 190 valence electrons. The fraction of sp³-hybridized carbons (Fsp3) is 0.444. The first-order valence-electron chi connectivity index (χ1n) is 12.4. The minimum absolute atomic E-state index is 0.00521. The van der Waals surface area contributed by atoms with Gasteiger partial charge in [-0.2, -0.15) is 0 Å². The quantitative estimate of drug-likeness (QED) is 0.666. The summed E-state index contributed by atoms with van der Waals surface area (Å²) in [6.45, 7) is 2.05. The number of piperidine rings is 1. The summed E-state index contributed by atoms with van der Waals surface area (Å²) < 4.78 is 11.9. The number of nitrogens with zero attached hydrogens (tertiary/aromatic N) is 2. The van der Waals surface area contributed by atoms with Crippen molar-refractivity contribution in [3.8, 4) is 0 Å². The van der Waals surface area contributed by atoms with Gasteiger partial charge in [-0.3, -0.25) is 19.3 Å². The molecule has 2 atom stereocenters. The average Bonchev–Trinajstić information content (AvgIpc) is 3.56. The summed E-state index contributed by atoms with van der Waals surface area (Å²) in [6.07, 6.45) is 2.74. The molecule has 3 heterocycles. The molecule has 3 saturated heterocycles. The smallest absolute Gasteiger partial charge is 0.256 e. The van der Waals surface area contributed by atoms with Gasteiger partial charge in [0.1, 0.15) is 11.8 Å². The zero-order valence-electron chi connectivity index (χ0n) is 20.0. The molecule has 9 heteroatoms. The van der Waals surface area contributed by atoms with E-state index in [1.54, 1.807) is 58.3 Å². The molecule has 0 unspecified atom stereocenters. The Bertz CT molecular complexity index is 1100. The van der Waals surface area contributed by atoms with Gasteiger partial charge in [-0.15, -0.1) is 0 Å². The Morgan fingerprint density at radius 3 is 2.33 bits per heavy atom. The Balaban J connectivity index is 1.33. The minimum Gasteiger partial charge on any atom is -0.376 e. The monoisotopic (exact) mass is 511 g/mol. The predicted molar refractivity (Wildman–Crippen MR) is 134 cm³/mol. The highest BCUT2D eigenvalue weighted by atomic mass is 35.5. The molecule has 1 spiro atoms. The molecule has 0 bridgehead atoms. The van der Waals surface area contributed by atoms with Gasteiger partial charge < -0.3 is 19.7 Å². The summed E-state index contributed by atoms with van der Waals surface area (Å²) >= 11 is 5.96. The largest absolute Gasteiger partial charge is 0.376 e. The Hall–Kier alpha value is -2.94. The topological polar surface area (TPSA) is 88.2 Å². The molecule has 36 heavy (non-hydrogen) atoms. The highest BCUT2D eigenvalue weighted by molar-refractivity contribution is 6.30. The van der Waals surface area contributed by atoms with Crippen LogP contribution in [0.3, 0.4) is 0 Å². The van der Waals surface area contributed by atoms with E-state index in [-0.39, 0.29) is 30.4 Å². The summed E-state index contributed by atoms with van der Waals surface area (Å²) in [6, 6.07) is 15.0. The molecule has 3 aliphatic heterocycles. The first-order chi connectivity index (χ1) is 17.5. The van der Waals surface area contributed by atoms with E-state index in [0.717, 1.165) is 12.8 Å². The lowest BCUT2D eigenvalue weighted by Crippen LogP contribution is -2.60. The van der Waals surface area contributed by atoms with Crippen LogP contribution < -0.4 is 5.32 Å². The number of hydrogen-bond donors (Lipinski definition) is 1. The molecule has 5 rings (SSSR count). The van der Waals surface area contributed by atoms with Gasteiger partial charge in [-0.05, 0) is 49.2 Å². The lowest BCUT2D eigenvalue weighted by molar-refractivity contribution is -0.128. The van der Waals surface area contributed by atoms with Crippen LogP contribution in [0.5, 0.6) is 0 Å². The number of hydrogen-bond acceptors (Lipinski definition) is 5. The van der Waals surface area contributed by atoms with Crippen LogP contribution in [-0.2, 0) is 14.3 Å². The van der Waals surface area contributed by atoms with Crippen molar-refractivity contribution in [2.75, 3.05) is 32.8 Å². The molecule has 3 fully saturated rings. The van der Waals surface area contributed by atoms with E-state index in [4.69, 9.17) is 21.1 Å². The molecule has 8 nitrogen and oxygen atoms in total. The standard InChI is InChI=1S/C27H30ClN3O5/c28-21-10-8-20(9-11-21)25(33)30-14-12-27(13-15-30)31(26(34)19-5-2-1-3-6-19)23(18-36-27)24(32)29-17-22-7-4-16-35-22/h1-3,5-6,8-11,22-23H,4,7,12-18H2,(H,29,32)/t22-,23+/m0/s1. The van der Waals surface area contributed by atoms with E-state index in [1.807, 2.05) is 6.07 Å². The molecule has 1 N–H and O–H groups in total. The number of amides is 3. The first kappa shape index (κ1) is 24.7. The predicted octanol–water partition coefficient (Wildman–Crippen LogP) is 3.11. The summed E-state index contributed by atoms with van der Waals surface area (Å²) in [5, 5.41) is 3.54. The van der Waals surface area contributed by atoms with Crippen molar-refractivity contribution < 1.29 is 23.9 Å². The van der Waals surface area contributed by atoms with Crippen molar-refractivity contribution in [1.82, 2.24) is 15.1 Å². The Labute approximate surface area is 215 Å². The van der Waals surface area contributed by atoms with Crippen LogP contribution in [0.2, 0.25) is 5.02 Å². The molecule has 0 aliphatic carbocycles. The van der Waals surface area contributed by atoms with Crippen LogP contribution in [0, 0.1) is 0 Å². The lowest BCUT2D eigenvalue weighted by Gasteiger charge is -2.44. The number of rotatable bonds is 5. The maximum Gasteiger partial charge on any atom is 0.256 e. The average molecular weight is 512 g/mol. The second-order valence-corrected chi connectivity index (χ2v) is 9.93. The molecular formula is C27H30ClN3O5. The van der Waals surface area contributed by atoms with E-state index in [9.17, 15) is 14.4 Å². The van der Waals surface area contributed by atoms with Crippen LogP contribution in [0.1, 0.15) is 46.4 Å². The lowest BCUT2D eigenvalue weighted by atomic mass is 9.96. The number of halogens is 1. The summed E-state index contributed by atoms with van der Waals surface area (Å²) in [5.74, 6) is -0.583. The number of carbonyl (C=O) groups excluding carboxylic acids is 3. The van der Waals surface area contributed by atoms with Gasteiger partial charge in [0.2, 0.25) is 5.91 Å². The summed E-state index contributed by atoms with van der Waals surface area (Å²) in [4.78, 5) is 43.3. The number of likely N-dealkylation sites (tertiary alicyclic amines) is 1. The molecule has 3 aliphatic rings. The van der Waals surface area contributed by atoms with E-state index in [1.165, 1.54) is 0 Å². The van der Waals surface area contributed by atoms with Gasteiger partial charge in [-0.25, -0.2) is 0 Å². The van der Waals surface area contributed by atoms with Crippen LogP contribution >= 0.6 is 11.6 Å². The molecule has 2 aromatic rings. The summed E-state index contributed by atoms with van der Waals surface area (Å²) in [7, 11) is 0. The second kappa shape index (κ2) is 10.6. The third-order valence-corrected chi connectivity index (χ3v) is 7.51. The van der Waals surface area contributed by atoms with Gasteiger partial charge in [-0.1, -0.05) is 29.8 Å².